The third kappa shape index (κ3) is 8.89. The highest BCUT2D eigenvalue weighted by Crippen LogP contribution is 2.40. The number of aliphatic imine (C=N–C) groups is 1. The molecule has 4 bridgehead atoms. The van der Waals surface area contributed by atoms with Crippen LogP contribution in [0.15, 0.2) is 51.6 Å². The van der Waals surface area contributed by atoms with Crippen molar-refractivity contribution in [1.29, 1.82) is 0 Å². The second-order valence-corrected chi connectivity index (χ2v) is 15.7. The number of fused-ring (bicyclic) bond motifs is 6. The number of ether oxygens (including phenoxy) is 5. The second kappa shape index (κ2) is 16.9. The van der Waals surface area contributed by atoms with Gasteiger partial charge < -0.3 is 38.9 Å². The SMILES string of the molecule is CC1=CCc2ccc([nH]2)C2=NC(C=C3C(=C(C)CCCO)COC3CC(C)C)C(COC(=O)C(CC(C)C)CC(=O)OC3C1OC(=O)C3(C)CO)O2. The van der Waals surface area contributed by atoms with E-state index in [1.54, 1.807) is 6.92 Å². The van der Waals surface area contributed by atoms with Crippen molar-refractivity contribution in [1.82, 2.24) is 4.98 Å². The van der Waals surface area contributed by atoms with Gasteiger partial charge in [-0.2, -0.15) is 0 Å². The van der Waals surface area contributed by atoms with Crippen LogP contribution in [0.5, 0.6) is 0 Å². The average molecular weight is 725 g/mol. The van der Waals surface area contributed by atoms with E-state index in [-0.39, 0.29) is 31.7 Å². The van der Waals surface area contributed by atoms with Crippen LogP contribution >= 0.6 is 0 Å². The Bertz CT molecular complexity index is 1600. The van der Waals surface area contributed by atoms with Gasteiger partial charge in [-0.15, -0.1) is 0 Å². The van der Waals surface area contributed by atoms with Gasteiger partial charge in [0.05, 0.1) is 31.7 Å². The van der Waals surface area contributed by atoms with Gasteiger partial charge in [0.25, 0.3) is 0 Å². The minimum Gasteiger partial charge on any atom is -0.467 e. The summed E-state index contributed by atoms with van der Waals surface area (Å²) in [6, 6.07) is 3.31. The first-order valence-electron chi connectivity index (χ1n) is 18.6. The molecule has 1 aromatic heterocycles. The fourth-order valence-corrected chi connectivity index (χ4v) is 7.32. The monoisotopic (exact) mass is 724 g/mol. The lowest BCUT2D eigenvalue weighted by Gasteiger charge is -2.28. The fourth-order valence-electron chi connectivity index (χ4n) is 7.32. The van der Waals surface area contributed by atoms with Gasteiger partial charge in [0.15, 0.2) is 18.3 Å². The zero-order chi connectivity index (χ0) is 37.7. The van der Waals surface area contributed by atoms with Gasteiger partial charge in [-0.3, -0.25) is 14.4 Å². The Morgan fingerprint density at radius 1 is 1.08 bits per heavy atom. The molecule has 7 atom stereocenters. The van der Waals surface area contributed by atoms with E-state index < -0.39 is 60.2 Å². The molecule has 0 saturated carbocycles. The van der Waals surface area contributed by atoms with Gasteiger partial charge in [-0.25, -0.2) is 4.99 Å². The van der Waals surface area contributed by atoms with E-state index in [1.807, 2.05) is 32.1 Å². The summed E-state index contributed by atoms with van der Waals surface area (Å²) in [5.41, 5.74) is 4.02. The molecule has 4 aliphatic heterocycles. The Labute approximate surface area is 306 Å². The number of allylic oxidation sites excluding steroid dienone is 2. The Hall–Kier alpha value is -3.74. The molecule has 12 nitrogen and oxygen atoms in total. The molecule has 5 rings (SSSR count). The summed E-state index contributed by atoms with van der Waals surface area (Å²) in [5, 5.41) is 19.7. The van der Waals surface area contributed by atoms with Gasteiger partial charge in [0.1, 0.15) is 23.8 Å². The molecule has 2 fully saturated rings. The van der Waals surface area contributed by atoms with Crippen molar-refractivity contribution >= 4 is 23.8 Å². The van der Waals surface area contributed by atoms with Gasteiger partial charge in [0.2, 0.25) is 5.90 Å². The van der Waals surface area contributed by atoms with Crippen molar-refractivity contribution in [2.75, 3.05) is 26.4 Å². The van der Waals surface area contributed by atoms with Crippen LogP contribution < -0.4 is 0 Å². The van der Waals surface area contributed by atoms with Crippen LogP contribution in [-0.2, 0) is 44.5 Å². The number of aliphatic hydroxyl groups is 2. The molecule has 2 saturated heterocycles. The number of hydrogen-bond donors (Lipinski definition) is 3. The molecule has 0 aliphatic carbocycles. The predicted molar refractivity (Wildman–Crippen MR) is 193 cm³/mol. The van der Waals surface area contributed by atoms with E-state index in [2.05, 4.69) is 31.8 Å². The molecule has 0 amide bonds. The Morgan fingerprint density at radius 2 is 1.83 bits per heavy atom. The van der Waals surface area contributed by atoms with Crippen molar-refractivity contribution in [3.8, 4) is 0 Å². The summed E-state index contributed by atoms with van der Waals surface area (Å²) in [6.07, 6.45) is 4.02. The molecule has 52 heavy (non-hydrogen) atoms. The number of cyclic esters (lactones) is 1. The number of H-pyrrole nitrogens is 1. The maximum atomic E-state index is 13.7. The third-order valence-electron chi connectivity index (χ3n) is 10.4. The third-order valence-corrected chi connectivity index (χ3v) is 10.4. The van der Waals surface area contributed by atoms with E-state index in [0.29, 0.717) is 49.0 Å². The first-order chi connectivity index (χ1) is 24.7. The van der Waals surface area contributed by atoms with E-state index in [1.165, 1.54) is 6.92 Å². The predicted octanol–water partition coefficient (Wildman–Crippen LogP) is 4.92. The summed E-state index contributed by atoms with van der Waals surface area (Å²) in [6.45, 7) is 13.5. The van der Waals surface area contributed by atoms with Crippen molar-refractivity contribution in [2.24, 2.45) is 28.2 Å². The van der Waals surface area contributed by atoms with Gasteiger partial charge >= 0.3 is 17.9 Å². The number of hydrogen-bond acceptors (Lipinski definition) is 11. The van der Waals surface area contributed by atoms with Crippen molar-refractivity contribution in [3.63, 3.8) is 0 Å². The molecular weight excluding hydrogens is 668 g/mol. The van der Waals surface area contributed by atoms with Crippen LogP contribution in [0, 0.1) is 23.2 Å². The quantitative estimate of drug-likeness (QED) is 0.181. The summed E-state index contributed by atoms with van der Waals surface area (Å²) >= 11 is 0. The number of aliphatic hydroxyl groups excluding tert-OH is 2. The molecule has 4 aliphatic rings. The summed E-state index contributed by atoms with van der Waals surface area (Å²) in [5.74, 6) is -1.86. The molecule has 12 heteroatoms. The highest BCUT2D eigenvalue weighted by molar-refractivity contribution is 5.94. The van der Waals surface area contributed by atoms with E-state index in [4.69, 9.17) is 28.7 Å². The maximum absolute atomic E-state index is 13.7. The van der Waals surface area contributed by atoms with Crippen LogP contribution in [0.2, 0.25) is 0 Å². The topological polar surface area (TPSA) is 166 Å². The highest BCUT2D eigenvalue weighted by atomic mass is 16.6. The lowest BCUT2D eigenvalue weighted by molar-refractivity contribution is -0.164. The van der Waals surface area contributed by atoms with Crippen molar-refractivity contribution in [2.45, 2.75) is 117 Å². The summed E-state index contributed by atoms with van der Waals surface area (Å²) in [4.78, 5) is 48.6. The first kappa shape index (κ1) is 39.5. The zero-order valence-electron chi connectivity index (χ0n) is 31.6. The Kier molecular flexibility index (Phi) is 12.9. The number of carbonyl (C=O) groups is 3. The van der Waals surface area contributed by atoms with E-state index in [9.17, 15) is 24.6 Å². The number of esters is 3. The number of nitrogens with zero attached hydrogens (tertiary/aromatic N) is 1. The molecule has 5 heterocycles. The molecule has 0 spiro atoms. The number of rotatable bonds is 9. The van der Waals surface area contributed by atoms with E-state index in [0.717, 1.165) is 35.3 Å². The lowest BCUT2D eigenvalue weighted by atomic mass is 9.83. The molecule has 1 aromatic rings. The number of aromatic nitrogens is 1. The molecule has 0 radical (unpaired) electrons. The Balaban J connectivity index is 1.53. The van der Waals surface area contributed by atoms with Crippen LogP contribution in [0.1, 0.15) is 92.0 Å². The highest BCUT2D eigenvalue weighted by Gasteiger charge is 2.57. The smallest absolute Gasteiger partial charge is 0.318 e. The normalized spacial score (nSPS) is 31.8. The zero-order valence-corrected chi connectivity index (χ0v) is 31.6. The molecular formula is C40H56N2O10. The first-order valence-corrected chi connectivity index (χ1v) is 18.6. The van der Waals surface area contributed by atoms with E-state index >= 15 is 0 Å². The molecule has 7 unspecified atom stereocenters. The van der Waals surface area contributed by atoms with Crippen LogP contribution in [0.25, 0.3) is 0 Å². The summed E-state index contributed by atoms with van der Waals surface area (Å²) in [7, 11) is 0. The van der Waals surface area contributed by atoms with Crippen LogP contribution in [-0.4, -0.2) is 95.9 Å². The average Bonchev–Trinajstić information content (AvgIpc) is 3.87. The van der Waals surface area contributed by atoms with Gasteiger partial charge in [0, 0.05) is 18.7 Å². The minimum absolute atomic E-state index is 0.0667. The fraction of sp³-hybridized carbons (Fsp3) is 0.650. The molecule has 3 N–H and O–H groups in total. The lowest BCUT2D eigenvalue weighted by Crippen LogP contribution is -2.43. The van der Waals surface area contributed by atoms with Crippen molar-refractivity contribution in [3.05, 3.63) is 58.0 Å². The maximum Gasteiger partial charge on any atom is 0.318 e. The van der Waals surface area contributed by atoms with Gasteiger partial charge in [-0.05, 0) is 93.2 Å². The van der Waals surface area contributed by atoms with Gasteiger partial charge in [-0.1, -0.05) is 39.3 Å². The van der Waals surface area contributed by atoms with Crippen LogP contribution in [0.4, 0.5) is 0 Å². The Morgan fingerprint density at radius 3 is 2.52 bits per heavy atom. The largest absolute Gasteiger partial charge is 0.467 e. The number of aromatic amines is 1. The summed E-state index contributed by atoms with van der Waals surface area (Å²) < 4.78 is 30.3. The standard InChI is InChI=1S/C40H56N2O10/c1-22(2)15-26-17-34(45)51-36-35(52-39(47)40(36,7)21-44)25(6)10-11-27-12-13-30(41-27)37-42-31(33(50-37)20-49-38(26)46)18-28-29(24(5)9-8-14-43)19-48-32(28)16-23(3)4/h10,12-13,18,22-23,26,31-33,35-36,41,43-44H,8-9,11,14-17,19-21H2,1-7H3. The number of nitrogens with one attached hydrogen (secondary N) is 1. The number of carbonyl (C=O) groups excluding carboxylic acids is 3. The second-order valence-electron chi connectivity index (χ2n) is 15.7. The van der Waals surface area contributed by atoms with Crippen molar-refractivity contribution < 1.29 is 48.3 Å². The molecule has 286 valence electrons. The minimum atomic E-state index is -1.47. The molecule has 0 aromatic carbocycles. The van der Waals surface area contributed by atoms with Crippen LogP contribution in [0.3, 0.4) is 0 Å².